The second kappa shape index (κ2) is 9.33. The van der Waals surface area contributed by atoms with Crippen molar-refractivity contribution in [2.75, 3.05) is 18.0 Å². The van der Waals surface area contributed by atoms with E-state index in [1.165, 1.54) is 34.3 Å². The topological polar surface area (TPSA) is 94.9 Å². The van der Waals surface area contributed by atoms with Crippen molar-refractivity contribution in [2.24, 2.45) is 0 Å². The molecule has 0 N–H and O–H groups in total. The molecule has 1 atom stereocenters. The number of para-hydroxylation sites is 1. The summed E-state index contributed by atoms with van der Waals surface area (Å²) in [6.45, 7) is 5.88. The largest absolute Gasteiger partial charge is 0.476 e. The second-order valence-corrected chi connectivity index (χ2v) is 12.0. The summed E-state index contributed by atoms with van der Waals surface area (Å²) < 4.78 is 41.3. The van der Waals surface area contributed by atoms with E-state index in [0.29, 0.717) is 16.6 Å². The molecule has 0 aliphatic carbocycles. The van der Waals surface area contributed by atoms with E-state index in [-0.39, 0.29) is 28.2 Å². The van der Waals surface area contributed by atoms with Crippen LogP contribution >= 0.6 is 0 Å². The van der Waals surface area contributed by atoms with Crippen LogP contribution in [0.5, 0.6) is 5.75 Å². The predicted octanol–water partition coefficient (Wildman–Crippen LogP) is 5.02. The average molecular weight is 533 g/mol. The van der Waals surface area contributed by atoms with Crippen LogP contribution in [0.15, 0.2) is 83.9 Å². The molecule has 0 unspecified atom stereocenters. The molecule has 2 heterocycles. The molecule has 0 bridgehead atoms. The molecule has 4 aromatic rings. The van der Waals surface area contributed by atoms with Crippen LogP contribution in [-0.2, 0) is 20.2 Å². The molecule has 0 fully saturated rings. The van der Waals surface area contributed by atoms with Crippen molar-refractivity contribution in [2.45, 2.75) is 37.2 Å². The maximum absolute atomic E-state index is 13.9. The Morgan fingerprint density at radius 1 is 0.974 bits per heavy atom. The molecule has 3 aromatic carbocycles. The van der Waals surface area contributed by atoms with Gasteiger partial charge >= 0.3 is 5.97 Å². The van der Waals surface area contributed by atoms with Gasteiger partial charge in [-0.3, -0.25) is 13.7 Å². The predicted molar refractivity (Wildman–Crippen MR) is 144 cm³/mol. The lowest BCUT2D eigenvalue weighted by atomic mass is 9.86. The number of benzene rings is 3. The minimum absolute atomic E-state index is 0.111. The molecule has 5 rings (SSSR count). The van der Waals surface area contributed by atoms with Crippen molar-refractivity contribution in [1.29, 1.82) is 0 Å². The summed E-state index contributed by atoms with van der Waals surface area (Å²) in [6, 6.07) is 20.4. The van der Waals surface area contributed by atoms with E-state index < -0.39 is 28.0 Å². The molecular formula is C29H28N2O6S. The third kappa shape index (κ3) is 4.32. The number of hydrogen-bond acceptors (Lipinski definition) is 6. The number of methoxy groups -OCH3 is 1. The van der Waals surface area contributed by atoms with Gasteiger partial charge in [-0.25, -0.2) is 13.2 Å². The first-order valence-corrected chi connectivity index (χ1v) is 13.6. The first-order valence-electron chi connectivity index (χ1n) is 12.1. The van der Waals surface area contributed by atoms with Gasteiger partial charge in [-0.15, -0.1) is 0 Å². The smallest absolute Gasteiger partial charge is 0.340 e. The number of rotatable bonds is 4. The van der Waals surface area contributed by atoms with Crippen molar-refractivity contribution < 1.29 is 27.5 Å². The molecule has 196 valence electrons. The van der Waals surface area contributed by atoms with E-state index >= 15 is 0 Å². The standard InChI is InChI=1S/C29H28N2O6S/c1-29(2,3)19-14-15-25-24(16-19)31(38(34,35)20-10-6-5-7-11-20)18-26(37-25)27(32)30-17-22(28(33)36-4)21-12-8-9-13-23(21)30/h5-17,26H,18H2,1-4H3/t26-/m1/s1. The van der Waals surface area contributed by atoms with E-state index in [9.17, 15) is 18.0 Å². The zero-order valence-electron chi connectivity index (χ0n) is 21.5. The number of ether oxygens (including phenoxy) is 2. The Morgan fingerprint density at radius 2 is 1.66 bits per heavy atom. The van der Waals surface area contributed by atoms with E-state index in [1.807, 2.05) is 26.8 Å². The Kier molecular flexibility index (Phi) is 6.27. The van der Waals surface area contributed by atoms with Crippen molar-refractivity contribution in [3.8, 4) is 5.75 Å². The van der Waals surface area contributed by atoms with Crippen LogP contribution in [0.25, 0.3) is 10.9 Å². The zero-order chi connectivity index (χ0) is 27.2. The van der Waals surface area contributed by atoms with Gasteiger partial charge in [-0.2, -0.15) is 0 Å². The van der Waals surface area contributed by atoms with Crippen LogP contribution < -0.4 is 9.04 Å². The molecule has 1 aromatic heterocycles. The molecule has 1 aliphatic rings. The highest BCUT2D eigenvalue weighted by Gasteiger charge is 2.39. The van der Waals surface area contributed by atoms with Crippen molar-refractivity contribution in [3.63, 3.8) is 0 Å². The quantitative estimate of drug-likeness (QED) is 0.343. The minimum Gasteiger partial charge on any atom is -0.476 e. The molecular weight excluding hydrogens is 504 g/mol. The summed E-state index contributed by atoms with van der Waals surface area (Å²) in [5.41, 5.74) is 1.79. The third-order valence-electron chi connectivity index (χ3n) is 6.66. The zero-order valence-corrected chi connectivity index (χ0v) is 22.4. The van der Waals surface area contributed by atoms with Gasteiger partial charge in [-0.1, -0.05) is 63.2 Å². The summed E-state index contributed by atoms with van der Waals surface area (Å²) in [5, 5.41) is 0.549. The highest BCUT2D eigenvalue weighted by molar-refractivity contribution is 7.92. The Hall–Kier alpha value is -4.11. The van der Waals surface area contributed by atoms with E-state index in [0.717, 1.165) is 5.56 Å². The fourth-order valence-corrected chi connectivity index (χ4v) is 6.07. The monoisotopic (exact) mass is 532 g/mol. The summed E-state index contributed by atoms with van der Waals surface area (Å²) in [4.78, 5) is 26.3. The number of sulfonamides is 1. The number of aromatic nitrogens is 1. The van der Waals surface area contributed by atoms with Crippen LogP contribution in [0, 0.1) is 0 Å². The van der Waals surface area contributed by atoms with Gasteiger partial charge in [0, 0.05) is 11.6 Å². The molecule has 8 nitrogen and oxygen atoms in total. The Morgan fingerprint density at radius 3 is 2.34 bits per heavy atom. The molecule has 0 radical (unpaired) electrons. The number of anilines is 1. The molecule has 38 heavy (non-hydrogen) atoms. The van der Waals surface area contributed by atoms with Gasteiger partial charge in [0.2, 0.25) is 0 Å². The van der Waals surface area contributed by atoms with Gasteiger partial charge < -0.3 is 9.47 Å². The lowest BCUT2D eigenvalue weighted by Gasteiger charge is -2.36. The number of hydrogen-bond donors (Lipinski definition) is 0. The Balaban J connectivity index is 1.63. The van der Waals surface area contributed by atoms with Crippen LogP contribution in [0.4, 0.5) is 5.69 Å². The SMILES string of the molecule is COC(=O)c1cn(C(=O)[C@H]2CN(S(=O)(=O)c3ccccc3)c3cc(C(C)(C)C)ccc3O2)c2ccccc12. The van der Waals surface area contributed by atoms with Crippen LogP contribution in [0.3, 0.4) is 0 Å². The van der Waals surface area contributed by atoms with E-state index in [1.54, 1.807) is 54.6 Å². The minimum atomic E-state index is -4.02. The third-order valence-corrected chi connectivity index (χ3v) is 8.45. The number of nitrogens with zero attached hydrogens (tertiary/aromatic N) is 2. The fourth-order valence-electron chi connectivity index (χ4n) is 4.58. The molecule has 9 heteroatoms. The second-order valence-electron chi connectivity index (χ2n) is 10.1. The maximum Gasteiger partial charge on any atom is 0.340 e. The van der Waals surface area contributed by atoms with Gasteiger partial charge in [0.15, 0.2) is 6.10 Å². The Bertz CT molecular complexity index is 1650. The van der Waals surface area contributed by atoms with Crippen LogP contribution in [-0.4, -0.2) is 44.6 Å². The van der Waals surface area contributed by atoms with Crippen molar-refractivity contribution in [1.82, 2.24) is 4.57 Å². The molecule has 1 aliphatic heterocycles. The lowest BCUT2D eigenvalue weighted by Crippen LogP contribution is -2.48. The van der Waals surface area contributed by atoms with E-state index in [2.05, 4.69) is 0 Å². The molecule has 0 amide bonds. The van der Waals surface area contributed by atoms with Crippen molar-refractivity contribution >= 4 is 38.5 Å². The summed E-state index contributed by atoms with van der Waals surface area (Å²) in [5.74, 6) is -0.799. The van der Waals surface area contributed by atoms with E-state index in [4.69, 9.17) is 9.47 Å². The maximum atomic E-state index is 13.9. The number of esters is 1. The average Bonchev–Trinajstić information content (AvgIpc) is 3.31. The summed E-state index contributed by atoms with van der Waals surface area (Å²) in [6.07, 6.45) is 0.249. The number of carbonyl (C=O) groups excluding carboxylic acids is 2. The van der Waals surface area contributed by atoms with Crippen LogP contribution in [0.2, 0.25) is 0 Å². The number of fused-ring (bicyclic) bond motifs is 2. The number of carbonyl (C=O) groups is 2. The summed E-state index contributed by atoms with van der Waals surface area (Å²) in [7, 11) is -2.75. The van der Waals surface area contributed by atoms with Gasteiger partial charge in [0.25, 0.3) is 15.9 Å². The summed E-state index contributed by atoms with van der Waals surface area (Å²) >= 11 is 0. The highest BCUT2D eigenvalue weighted by atomic mass is 32.2. The molecule has 0 saturated carbocycles. The van der Waals surface area contributed by atoms with Crippen LogP contribution in [0.1, 0.15) is 41.5 Å². The first-order chi connectivity index (χ1) is 18.0. The first kappa shape index (κ1) is 25.5. The molecule has 0 spiro atoms. The Labute approximate surface area is 221 Å². The van der Waals surface area contributed by atoms with Crippen molar-refractivity contribution in [3.05, 3.63) is 90.1 Å². The van der Waals surface area contributed by atoms with Gasteiger partial charge in [0.1, 0.15) is 5.75 Å². The normalized spacial score (nSPS) is 15.6. The lowest BCUT2D eigenvalue weighted by molar-refractivity contribution is 0.0602. The van der Waals surface area contributed by atoms with Gasteiger partial charge in [0.05, 0.1) is 35.3 Å². The fraction of sp³-hybridized carbons (Fsp3) is 0.241. The highest BCUT2D eigenvalue weighted by Crippen LogP contribution is 2.40. The molecule has 0 saturated heterocycles. The van der Waals surface area contributed by atoms with Gasteiger partial charge in [-0.05, 0) is 41.3 Å².